The number of nitrogens with zero attached hydrogens (tertiary/aromatic N) is 1. The van der Waals surface area contributed by atoms with E-state index in [-0.39, 0.29) is 23.8 Å². The van der Waals surface area contributed by atoms with Gasteiger partial charge in [0.1, 0.15) is 12.5 Å². The van der Waals surface area contributed by atoms with Crippen LogP contribution in [0.2, 0.25) is 0 Å². The average Bonchev–Trinajstić information content (AvgIpc) is 2.48. The van der Waals surface area contributed by atoms with Crippen LogP contribution in [0.3, 0.4) is 0 Å². The number of carbonyl (C=O) groups excluding carboxylic acids is 2. The first-order valence-electron chi connectivity index (χ1n) is 5.73. The first kappa shape index (κ1) is 14.1. The minimum Gasteiger partial charge on any atom is -0.449 e. The molecule has 0 saturated carbocycles. The summed E-state index contributed by atoms with van der Waals surface area (Å²) in [5.41, 5.74) is 4.74. The molecule has 2 N–H and O–H groups in total. The molecule has 1 unspecified atom stereocenters. The molecule has 1 saturated heterocycles. The third-order valence-electron chi connectivity index (χ3n) is 3.06. The molecular formula is C11H19ClN2O3. The number of carbonyl (C=O) groups is 2. The number of hydrogen-bond donors (Lipinski definition) is 1. The van der Waals surface area contributed by atoms with Gasteiger partial charge in [-0.1, -0.05) is 13.3 Å². The van der Waals surface area contributed by atoms with E-state index < -0.39 is 6.09 Å². The van der Waals surface area contributed by atoms with Crippen LogP contribution in [0.4, 0.5) is 4.79 Å². The van der Waals surface area contributed by atoms with Gasteiger partial charge in [0.2, 0.25) is 5.91 Å². The molecule has 2 amide bonds. The number of amides is 2. The Hall–Kier alpha value is -0.970. The SMILES string of the molecule is CC1(COC(N)=O)CCCCN(C(=O)CCl)C1. The Morgan fingerprint density at radius 2 is 2.18 bits per heavy atom. The van der Waals surface area contributed by atoms with Gasteiger partial charge in [-0.2, -0.15) is 0 Å². The van der Waals surface area contributed by atoms with E-state index in [0.29, 0.717) is 6.54 Å². The molecule has 1 aliphatic rings. The largest absolute Gasteiger partial charge is 0.449 e. The van der Waals surface area contributed by atoms with Gasteiger partial charge in [-0.3, -0.25) is 4.79 Å². The lowest BCUT2D eigenvalue weighted by Gasteiger charge is -2.32. The lowest BCUT2D eigenvalue weighted by molar-refractivity contribution is -0.130. The highest BCUT2D eigenvalue weighted by Crippen LogP contribution is 2.29. The highest BCUT2D eigenvalue weighted by atomic mass is 35.5. The third-order valence-corrected chi connectivity index (χ3v) is 3.29. The second-order valence-electron chi connectivity index (χ2n) is 4.82. The zero-order valence-electron chi connectivity index (χ0n) is 10.1. The van der Waals surface area contributed by atoms with E-state index in [2.05, 4.69) is 0 Å². The molecule has 1 heterocycles. The Kier molecular flexibility index (Phi) is 5.05. The average molecular weight is 263 g/mol. The maximum absolute atomic E-state index is 11.6. The standard InChI is InChI=1S/C11H19ClN2O3/c1-11(8-17-10(13)16)4-2-3-5-14(7-11)9(15)6-12/h2-8H2,1H3,(H2,13,16). The first-order chi connectivity index (χ1) is 7.97. The second kappa shape index (κ2) is 6.10. The molecule has 1 aliphatic heterocycles. The summed E-state index contributed by atoms with van der Waals surface area (Å²) in [6, 6.07) is 0. The van der Waals surface area contributed by atoms with Crippen molar-refractivity contribution in [3.05, 3.63) is 0 Å². The van der Waals surface area contributed by atoms with Crippen LogP contribution in [0.1, 0.15) is 26.2 Å². The molecule has 5 nitrogen and oxygen atoms in total. The van der Waals surface area contributed by atoms with Crippen LogP contribution in [0, 0.1) is 5.41 Å². The van der Waals surface area contributed by atoms with E-state index in [1.54, 1.807) is 4.90 Å². The highest BCUT2D eigenvalue weighted by molar-refractivity contribution is 6.27. The summed E-state index contributed by atoms with van der Waals surface area (Å²) in [6.45, 7) is 3.52. The molecule has 1 fully saturated rings. The van der Waals surface area contributed by atoms with E-state index >= 15 is 0 Å². The van der Waals surface area contributed by atoms with Crippen LogP contribution in [0.5, 0.6) is 0 Å². The number of likely N-dealkylation sites (tertiary alicyclic amines) is 1. The summed E-state index contributed by atoms with van der Waals surface area (Å²) in [6.07, 6.45) is 2.09. The fourth-order valence-corrected chi connectivity index (χ4v) is 2.30. The zero-order valence-corrected chi connectivity index (χ0v) is 10.8. The van der Waals surface area contributed by atoms with E-state index in [9.17, 15) is 9.59 Å². The predicted molar refractivity (Wildman–Crippen MR) is 64.8 cm³/mol. The number of alkyl halides is 1. The van der Waals surface area contributed by atoms with Gasteiger partial charge in [-0.05, 0) is 12.8 Å². The first-order valence-corrected chi connectivity index (χ1v) is 6.26. The van der Waals surface area contributed by atoms with E-state index in [1.165, 1.54) is 0 Å². The molecule has 6 heteroatoms. The molecule has 0 radical (unpaired) electrons. The van der Waals surface area contributed by atoms with Crippen molar-refractivity contribution in [3.63, 3.8) is 0 Å². The van der Waals surface area contributed by atoms with Gasteiger partial charge < -0.3 is 15.4 Å². The minimum atomic E-state index is -0.773. The quantitative estimate of drug-likeness (QED) is 0.780. The van der Waals surface area contributed by atoms with Crippen molar-refractivity contribution in [3.8, 4) is 0 Å². The number of ether oxygens (including phenoxy) is 1. The van der Waals surface area contributed by atoms with Crippen molar-refractivity contribution in [1.82, 2.24) is 4.90 Å². The number of nitrogens with two attached hydrogens (primary N) is 1. The van der Waals surface area contributed by atoms with Crippen molar-refractivity contribution >= 4 is 23.6 Å². The van der Waals surface area contributed by atoms with Gasteiger partial charge in [-0.25, -0.2) is 4.79 Å². The van der Waals surface area contributed by atoms with Gasteiger partial charge in [-0.15, -0.1) is 11.6 Å². The molecule has 98 valence electrons. The number of halogens is 1. The Morgan fingerprint density at radius 1 is 1.47 bits per heavy atom. The summed E-state index contributed by atoms with van der Waals surface area (Å²) < 4.78 is 4.87. The predicted octanol–water partition coefficient (Wildman–Crippen LogP) is 1.34. The lowest BCUT2D eigenvalue weighted by atomic mass is 9.86. The summed E-state index contributed by atoms with van der Waals surface area (Å²) in [4.78, 5) is 24.0. The molecule has 0 spiro atoms. The van der Waals surface area contributed by atoms with Crippen molar-refractivity contribution in [2.75, 3.05) is 25.6 Å². The van der Waals surface area contributed by atoms with E-state index in [4.69, 9.17) is 22.1 Å². The molecule has 0 aromatic heterocycles. The molecule has 0 aromatic carbocycles. The molecule has 17 heavy (non-hydrogen) atoms. The summed E-state index contributed by atoms with van der Waals surface area (Å²) in [7, 11) is 0. The smallest absolute Gasteiger partial charge is 0.404 e. The Balaban J connectivity index is 2.63. The van der Waals surface area contributed by atoms with Gasteiger partial charge in [0.25, 0.3) is 0 Å². The van der Waals surface area contributed by atoms with Crippen molar-refractivity contribution < 1.29 is 14.3 Å². The Bertz CT molecular complexity index is 298. The van der Waals surface area contributed by atoms with Crippen molar-refractivity contribution in [1.29, 1.82) is 0 Å². The maximum atomic E-state index is 11.6. The molecule has 1 rings (SSSR count). The number of hydrogen-bond acceptors (Lipinski definition) is 3. The van der Waals surface area contributed by atoms with Crippen molar-refractivity contribution in [2.45, 2.75) is 26.2 Å². The van der Waals surface area contributed by atoms with Crippen LogP contribution in [-0.2, 0) is 9.53 Å². The monoisotopic (exact) mass is 262 g/mol. The van der Waals surface area contributed by atoms with Crippen LogP contribution in [0.25, 0.3) is 0 Å². The third kappa shape index (κ3) is 4.42. The Labute approximate surface area is 106 Å². The van der Waals surface area contributed by atoms with Crippen molar-refractivity contribution in [2.24, 2.45) is 11.1 Å². The van der Waals surface area contributed by atoms with Crippen LogP contribution in [-0.4, -0.2) is 42.5 Å². The minimum absolute atomic E-state index is 0.00719. The van der Waals surface area contributed by atoms with Crippen LogP contribution >= 0.6 is 11.6 Å². The normalized spacial score (nSPS) is 25.2. The summed E-state index contributed by atoms with van der Waals surface area (Å²) in [5, 5.41) is 0. The van der Waals surface area contributed by atoms with Gasteiger partial charge in [0.15, 0.2) is 0 Å². The maximum Gasteiger partial charge on any atom is 0.404 e. The van der Waals surface area contributed by atoms with E-state index in [0.717, 1.165) is 25.8 Å². The van der Waals surface area contributed by atoms with Crippen LogP contribution in [0.15, 0.2) is 0 Å². The molecule has 0 aromatic rings. The highest BCUT2D eigenvalue weighted by Gasteiger charge is 2.32. The fourth-order valence-electron chi connectivity index (χ4n) is 2.13. The topological polar surface area (TPSA) is 72.6 Å². The summed E-state index contributed by atoms with van der Waals surface area (Å²) in [5.74, 6) is -0.0777. The molecular weight excluding hydrogens is 244 g/mol. The second-order valence-corrected chi connectivity index (χ2v) is 5.09. The van der Waals surface area contributed by atoms with E-state index in [1.807, 2.05) is 6.92 Å². The molecule has 0 aliphatic carbocycles. The number of rotatable bonds is 3. The summed E-state index contributed by atoms with van der Waals surface area (Å²) >= 11 is 5.56. The zero-order chi connectivity index (χ0) is 12.9. The van der Waals surface area contributed by atoms with Gasteiger partial charge in [0.05, 0.1) is 0 Å². The van der Waals surface area contributed by atoms with Crippen LogP contribution < -0.4 is 5.73 Å². The number of primary amides is 1. The van der Waals surface area contributed by atoms with Gasteiger partial charge in [0, 0.05) is 18.5 Å². The Morgan fingerprint density at radius 3 is 2.76 bits per heavy atom. The fraction of sp³-hybridized carbons (Fsp3) is 0.818. The molecule has 1 atom stereocenters. The molecule has 0 bridgehead atoms. The van der Waals surface area contributed by atoms with Gasteiger partial charge >= 0.3 is 6.09 Å². The lowest BCUT2D eigenvalue weighted by Crippen LogP contribution is -2.42.